The fourth-order valence-electron chi connectivity index (χ4n) is 2.61. The number of carbonyl (C=O) groups is 2. The lowest BCUT2D eigenvalue weighted by molar-refractivity contribution is -0.151. The molecule has 2 aromatic rings. The molecule has 2 heterocycles. The van der Waals surface area contributed by atoms with Crippen LogP contribution in [0.2, 0.25) is 0 Å². The first-order chi connectivity index (χ1) is 13.1. The van der Waals surface area contributed by atoms with Crippen LogP contribution >= 0.6 is 24.0 Å². The van der Waals surface area contributed by atoms with Crippen LogP contribution in [0.5, 0.6) is 0 Å². The lowest BCUT2D eigenvalue weighted by Gasteiger charge is -2.25. The van der Waals surface area contributed by atoms with Gasteiger partial charge in [0.15, 0.2) is 6.04 Å². The number of hydrogen-bond donors (Lipinski definition) is 0. The molecule has 1 atom stereocenters. The standard InChI is InChI=1S/C20H18N2O3S2/c1-2-12-25-19(24)17(14-8-4-3-5-9-14)22-18(23)16(27-20(22)26)13-15-10-6-7-11-21-15/h3-11,13,17H,2,12H2,1H3/b16-13-. The van der Waals surface area contributed by atoms with Gasteiger partial charge in [-0.2, -0.15) is 0 Å². The van der Waals surface area contributed by atoms with Crippen molar-refractivity contribution in [1.82, 2.24) is 9.88 Å². The maximum Gasteiger partial charge on any atom is 0.333 e. The Balaban J connectivity index is 1.94. The van der Waals surface area contributed by atoms with Crippen molar-refractivity contribution in [3.05, 3.63) is 70.9 Å². The van der Waals surface area contributed by atoms with Crippen molar-refractivity contribution >= 4 is 46.3 Å². The van der Waals surface area contributed by atoms with Gasteiger partial charge in [0.05, 0.1) is 17.2 Å². The van der Waals surface area contributed by atoms with Gasteiger partial charge in [0.2, 0.25) is 0 Å². The lowest BCUT2D eigenvalue weighted by Crippen LogP contribution is -2.38. The Bertz CT molecular complexity index is 869. The number of amides is 1. The van der Waals surface area contributed by atoms with E-state index < -0.39 is 12.0 Å². The number of rotatable bonds is 6. The third-order valence-corrected chi connectivity index (χ3v) is 5.17. The Hall–Kier alpha value is -2.51. The highest BCUT2D eigenvalue weighted by Crippen LogP contribution is 2.38. The van der Waals surface area contributed by atoms with E-state index in [9.17, 15) is 9.59 Å². The van der Waals surface area contributed by atoms with Gasteiger partial charge in [-0.25, -0.2) is 4.79 Å². The van der Waals surface area contributed by atoms with E-state index in [1.165, 1.54) is 4.90 Å². The molecule has 27 heavy (non-hydrogen) atoms. The summed E-state index contributed by atoms with van der Waals surface area (Å²) in [7, 11) is 0. The molecule has 7 heteroatoms. The zero-order chi connectivity index (χ0) is 19.2. The molecule has 0 radical (unpaired) electrons. The molecule has 3 rings (SSSR count). The van der Waals surface area contributed by atoms with Gasteiger partial charge in [-0.1, -0.05) is 67.3 Å². The maximum atomic E-state index is 13.0. The number of thioether (sulfide) groups is 1. The second kappa shape index (κ2) is 8.92. The van der Waals surface area contributed by atoms with Crippen LogP contribution in [0.3, 0.4) is 0 Å². The van der Waals surface area contributed by atoms with E-state index in [0.717, 1.165) is 11.8 Å². The minimum absolute atomic E-state index is 0.292. The predicted octanol–water partition coefficient (Wildman–Crippen LogP) is 3.98. The molecular weight excluding hydrogens is 380 g/mol. The van der Waals surface area contributed by atoms with Gasteiger partial charge in [-0.15, -0.1) is 0 Å². The third kappa shape index (κ3) is 4.43. The molecule has 0 saturated carbocycles. The molecule has 1 aromatic heterocycles. The summed E-state index contributed by atoms with van der Waals surface area (Å²) in [5.74, 6) is -0.809. The van der Waals surface area contributed by atoms with Gasteiger partial charge in [0.25, 0.3) is 5.91 Å². The highest BCUT2D eigenvalue weighted by atomic mass is 32.2. The van der Waals surface area contributed by atoms with Crippen LogP contribution in [-0.2, 0) is 14.3 Å². The van der Waals surface area contributed by atoms with E-state index in [-0.39, 0.29) is 5.91 Å². The molecule has 1 fully saturated rings. The van der Waals surface area contributed by atoms with E-state index in [4.69, 9.17) is 17.0 Å². The highest BCUT2D eigenvalue weighted by molar-refractivity contribution is 8.26. The third-order valence-electron chi connectivity index (χ3n) is 3.84. The van der Waals surface area contributed by atoms with Crippen molar-refractivity contribution < 1.29 is 14.3 Å². The number of carbonyl (C=O) groups excluding carboxylic acids is 2. The zero-order valence-corrected chi connectivity index (χ0v) is 16.3. The summed E-state index contributed by atoms with van der Waals surface area (Å²) in [6.07, 6.45) is 4.03. The summed E-state index contributed by atoms with van der Waals surface area (Å²) in [6, 6.07) is 13.6. The van der Waals surface area contributed by atoms with Gasteiger partial charge < -0.3 is 4.74 Å². The van der Waals surface area contributed by atoms with Crippen molar-refractivity contribution in [1.29, 1.82) is 0 Å². The number of benzene rings is 1. The normalized spacial score (nSPS) is 16.6. The SMILES string of the molecule is CCCOC(=O)C(c1ccccc1)N1C(=O)/C(=C/c2ccccn2)SC1=S. The molecule has 0 spiro atoms. The summed E-state index contributed by atoms with van der Waals surface area (Å²) in [5.41, 5.74) is 1.32. The summed E-state index contributed by atoms with van der Waals surface area (Å²) in [5, 5.41) is 0. The van der Waals surface area contributed by atoms with E-state index in [1.54, 1.807) is 36.5 Å². The van der Waals surface area contributed by atoms with Crippen LogP contribution in [0.1, 0.15) is 30.6 Å². The summed E-state index contributed by atoms with van der Waals surface area (Å²) in [4.78, 5) is 31.7. The fourth-order valence-corrected chi connectivity index (χ4v) is 3.90. The molecule has 1 aliphatic rings. The first-order valence-corrected chi connectivity index (χ1v) is 9.74. The van der Waals surface area contributed by atoms with E-state index >= 15 is 0 Å². The van der Waals surface area contributed by atoms with Crippen molar-refractivity contribution in [2.45, 2.75) is 19.4 Å². The van der Waals surface area contributed by atoms with Gasteiger partial charge in [0.1, 0.15) is 4.32 Å². The van der Waals surface area contributed by atoms with Gasteiger partial charge >= 0.3 is 5.97 Å². The summed E-state index contributed by atoms with van der Waals surface area (Å²) >= 11 is 6.58. The number of aromatic nitrogens is 1. The van der Waals surface area contributed by atoms with Crippen LogP contribution in [0, 0.1) is 0 Å². The molecule has 0 N–H and O–H groups in total. The molecule has 0 aliphatic carbocycles. The minimum Gasteiger partial charge on any atom is -0.464 e. The molecular formula is C20H18N2O3S2. The summed E-state index contributed by atoms with van der Waals surface area (Å²) in [6.45, 7) is 2.21. The average Bonchev–Trinajstić information content (AvgIpc) is 2.96. The largest absolute Gasteiger partial charge is 0.464 e. The van der Waals surface area contributed by atoms with E-state index in [2.05, 4.69) is 4.98 Å². The van der Waals surface area contributed by atoms with Crippen LogP contribution in [-0.4, -0.2) is 32.7 Å². The first kappa shape index (κ1) is 19.3. The molecule has 1 saturated heterocycles. The van der Waals surface area contributed by atoms with Crippen molar-refractivity contribution in [2.24, 2.45) is 0 Å². The van der Waals surface area contributed by atoms with Crippen LogP contribution in [0.25, 0.3) is 6.08 Å². The van der Waals surface area contributed by atoms with Crippen LogP contribution in [0.15, 0.2) is 59.6 Å². The molecule has 1 aromatic carbocycles. The highest BCUT2D eigenvalue weighted by Gasteiger charge is 2.42. The maximum absolute atomic E-state index is 13.0. The van der Waals surface area contributed by atoms with Gasteiger partial charge in [-0.05, 0) is 30.2 Å². The minimum atomic E-state index is -0.903. The quantitative estimate of drug-likeness (QED) is 0.417. The second-order valence-electron chi connectivity index (χ2n) is 5.79. The Morgan fingerprint density at radius 2 is 2.00 bits per heavy atom. The Labute approximate surface area is 167 Å². The Morgan fingerprint density at radius 3 is 2.67 bits per heavy atom. The molecule has 138 valence electrons. The molecule has 1 aliphatic heterocycles. The number of thiocarbonyl (C=S) groups is 1. The van der Waals surface area contributed by atoms with Crippen LogP contribution < -0.4 is 0 Å². The number of pyridine rings is 1. The monoisotopic (exact) mass is 398 g/mol. The predicted molar refractivity (Wildman–Crippen MR) is 110 cm³/mol. The topological polar surface area (TPSA) is 59.5 Å². The van der Waals surface area contributed by atoms with Crippen molar-refractivity contribution in [2.75, 3.05) is 6.61 Å². The lowest BCUT2D eigenvalue weighted by atomic mass is 10.1. The molecule has 0 bridgehead atoms. The molecule has 1 unspecified atom stereocenters. The molecule has 5 nitrogen and oxygen atoms in total. The summed E-state index contributed by atoms with van der Waals surface area (Å²) < 4.78 is 5.66. The van der Waals surface area contributed by atoms with E-state index in [0.29, 0.717) is 33.5 Å². The van der Waals surface area contributed by atoms with Gasteiger partial charge in [-0.3, -0.25) is 14.7 Å². The second-order valence-corrected chi connectivity index (χ2v) is 7.46. The van der Waals surface area contributed by atoms with Gasteiger partial charge in [0, 0.05) is 6.20 Å². The van der Waals surface area contributed by atoms with Crippen LogP contribution in [0.4, 0.5) is 0 Å². The number of nitrogens with zero attached hydrogens (tertiary/aromatic N) is 2. The fraction of sp³-hybridized carbons (Fsp3) is 0.200. The molecule has 1 amide bonds. The number of hydrogen-bond acceptors (Lipinski definition) is 6. The van der Waals surface area contributed by atoms with Crippen molar-refractivity contribution in [3.63, 3.8) is 0 Å². The number of ether oxygens (including phenoxy) is 1. The average molecular weight is 399 g/mol. The first-order valence-electron chi connectivity index (χ1n) is 8.51. The zero-order valence-electron chi connectivity index (χ0n) is 14.7. The van der Waals surface area contributed by atoms with E-state index in [1.807, 2.05) is 31.2 Å². The van der Waals surface area contributed by atoms with Crippen molar-refractivity contribution in [3.8, 4) is 0 Å². The Kier molecular flexibility index (Phi) is 6.36. The smallest absolute Gasteiger partial charge is 0.333 e. The number of esters is 1. The Morgan fingerprint density at radius 1 is 1.26 bits per heavy atom.